The Hall–Kier alpha value is -2.74. The fourth-order valence-electron chi connectivity index (χ4n) is 4.19. The molecule has 7 heteroatoms. The number of nitrogens with one attached hydrogen (secondary N) is 1. The first-order chi connectivity index (χ1) is 15.9. The molecule has 4 rings (SSSR count). The van der Waals surface area contributed by atoms with Crippen LogP contribution in [0.25, 0.3) is 10.8 Å². The van der Waals surface area contributed by atoms with Gasteiger partial charge in [-0.1, -0.05) is 61.0 Å². The van der Waals surface area contributed by atoms with E-state index in [0.717, 1.165) is 40.3 Å². The summed E-state index contributed by atoms with van der Waals surface area (Å²) in [7, 11) is -2.33. The van der Waals surface area contributed by atoms with Gasteiger partial charge in [0.15, 0.2) is 0 Å². The largest absolute Gasteiger partial charge is 0.351 e. The number of benzene rings is 3. The Balaban J connectivity index is 1.30. The van der Waals surface area contributed by atoms with E-state index in [1.807, 2.05) is 36.4 Å². The number of likely N-dealkylation sites (N-methyl/N-ethyl adjacent to an activating group) is 1. The fourth-order valence-corrected chi connectivity index (χ4v) is 5.35. The van der Waals surface area contributed by atoms with E-state index in [-0.39, 0.29) is 17.3 Å². The van der Waals surface area contributed by atoms with Crippen LogP contribution >= 0.6 is 0 Å². The second kappa shape index (κ2) is 10.5. The molecule has 1 aliphatic heterocycles. The molecule has 0 spiro atoms. The summed E-state index contributed by atoms with van der Waals surface area (Å²) < 4.78 is 26.9. The van der Waals surface area contributed by atoms with Gasteiger partial charge in [0.1, 0.15) is 0 Å². The van der Waals surface area contributed by atoms with E-state index in [4.69, 9.17) is 0 Å². The minimum atomic E-state index is -3.76. The third kappa shape index (κ3) is 5.99. The number of amides is 1. The first-order valence-electron chi connectivity index (χ1n) is 11.4. The number of hydrogen-bond acceptors (Lipinski definition) is 4. The van der Waals surface area contributed by atoms with E-state index in [0.29, 0.717) is 6.54 Å². The Morgan fingerprint density at radius 1 is 0.909 bits per heavy atom. The van der Waals surface area contributed by atoms with Crippen molar-refractivity contribution in [3.05, 3.63) is 77.9 Å². The van der Waals surface area contributed by atoms with Gasteiger partial charge in [-0.2, -0.15) is 4.31 Å². The van der Waals surface area contributed by atoms with Crippen LogP contribution in [0.5, 0.6) is 0 Å². The Kier molecular flexibility index (Phi) is 7.42. The van der Waals surface area contributed by atoms with Gasteiger partial charge in [-0.3, -0.25) is 9.69 Å². The van der Waals surface area contributed by atoms with Crippen molar-refractivity contribution < 1.29 is 13.2 Å². The molecule has 6 nitrogen and oxygen atoms in total. The third-order valence-electron chi connectivity index (χ3n) is 6.16. The van der Waals surface area contributed by atoms with Gasteiger partial charge in [-0.15, -0.1) is 0 Å². The Morgan fingerprint density at radius 3 is 2.30 bits per heavy atom. The smallest absolute Gasteiger partial charge is 0.243 e. The zero-order valence-corrected chi connectivity index (χ0v) is 19.9. The van der Waals surface area contributed by atoms with Gasteiger partial charge in [-0.25, -0.2) is 8.42 Å². The number of likely N-dealkylation sites (tertiary alicyclic amines) is 1. The molecule has 0 aliphatic carbocycles. The van der Waals surface area contributed by atoms with Gasteiger partial charge in [0.25, 0.3) is 0 Å². The van der Waals surface area contributed by atoms with Crippen LogP contribution in [0.3, 0.4) is 0 Å². The average Bonchev–Trinajstić information content (AvgIpc) is 2.84. The molecule has 33 heavy (non-hydrogen) atoms. The number of hydrogen-bond donors (Lipinski definition) is 1. The Morgan fingerprint density at radius 2 is 1.58 bits per heavy atom. The van der Waals surface area contributed by atoms with E-state index in [1.165, 1.54) is 31.9 Å². The van der Waals surface area contributed by atoms with Crippen molar-refractivity contribution in [1.29, 1.82) is 0 Å². The van der Waals surface area contributed by atoms with Gasteiger partial charge in [0, 0.05) is 20.1 Å². The van der Waals surface area contributed by atoms with Crippen molar-refractivity contribution in [3.63, 3.8) is 0 Å². The average molecular weight is 466 g/mol. The maximum Gasteiger partial charge on any atom is 0.243 e. The fraction of sp³-hybridized carbons (Fsp3) is 0.346. The number of sulfonamides is 1. The molecule has 3 aromatic rings. The minimum absolute atomic E-state index is 0.181. The normalized spacial score (nSPS) is 15.1. The molecule has 1 saturated heterocycles. The molecule has 3 aromatic carbocycles. The predicted molar refractivity (Wildman–Crippen MR) is 131 cm³/mol. The van der Waals surface area contributed by atoms with Crippen molar-refractivity contribution in [2.75, 3.05) is 26.7 Å². The Labute approximate surface area is 196 Å². The van der Waals surface area contributed by atoms with Crippen LogP contribution in [0.1, 0.15) is 30.4 Å². The highest BCUT2D eigenvalue weighted by Gasteiger charge is 2.23. The topological polar surface area (TPSA) is 69.7 Å². The summed E-state index contributed by atoms with van der Waals surface area (Å²) in [4.78, 5) is 15.1. The van der Waals surface area contributed by atoms with Crippen LogP contribution in [-0.4, -0.2) is 50.2 Å². The van der Waals surface area contributed by atoms with Crippen LogP contribution in [0.2, 0.25) is 0 Å². The summed E-state index contributed by atoms with van der Waals surface area (Å²) in [5, 5.41) is 4.65. The SMILES string of the molecule is CN(CC(=O)NCc1ccc(CN2CCCCC2)cc1)S(=O)(=O)c1ccc2ccccc2c1. The predicted octanol–water partition coefficient (Wildman–Crippen LogP) is 3.76. The summed E-state index contributed by atoms with van der Waals surface area (Å²) in [6, 6.07) is 20.9. The van der Waals surface area contributed by atoms with Crippen molar-refractivity contribution in [1.82, 2.24) is 14.5 Å². The summed E-state index contributed by atoms with van der Waals surface area (Å²) in [6.45, 7) is 3.42. The van der Waals surface area contributed by atoms with Crippen molar-refractivity contribution in [2.45, 2.75) is 37.2 Å². The molecule has 0 radical (unpaired) electrons. The third-order valence-corrected chi connectivity index (χ3v) is 7.96. The number of rotatable bonds is 8. The molecular formula is C26H31N3O3S. The van der Waals surface area contributed by atoms with E-state index in [2.05, 4.69) is 22.3 Å². The number of piperidine rings is 1. The zero-order valence-electron chi connectivity index (χ0n) is 19.0. The second-order valence-electron chi connectivity index (χ2n) is 8.70. The quantitative estimate of drug-likeness (QED) is 0.550. The van der Waals surface area contributed by atoms with E-state index < -0.39 is 10.0 Å². The lowest BCUT2D eigenvalue weighted by Gasteiger charge is -2.26. The van der Waals surface area contributed by atoms with E-state index >= 15 is 0 Å². The number of carbonyl (C=O) groups is 1. The standard InChI is InChI=1S/C26H31N3O3S/c1-28(33(31,32)25-14-13-23-7-3-4-8-24(23)17-25)20-26(30)27-18-21-9-11-22(12-10-21)19-29-15-5-2-6-16-29/h3-4,7-14,17H,2,5-6,15-16,18-20H2,1H3,(H,27,30). The monoisotopic (exact) mass is 465 g/mol. The van der Waals surface area contributed by atoms with Gasteiger partial charge in [-0.05, 0) is 60.0 Å². The zero-order chi connectivity index (χ0) is 23.3. The molecule has 1 amide bonds. The lowest BCUT2D eigenvalue weighted by molar-refractivity contribution is -0.121. The van der Waals surface area contributed by atoms with Gasteiger partial charge < -0.3 is 5.32 Å². The van der Waals surface area contributed by atoms with E-state index in [9.17, 15) is 13.2 Å². The number of carbonyl (C=O) groups excluding carboxylic acids is 1. The molecule has 0 unspecified atom stereocenters. The van der Waals surface area contributed by atoms with Gasteiger partial charge >= 0.3 is 0 Å². The molecule has 0 saturated carbocycles. The highest BCUT2D eigenvalue weighted by molar-refractivity contribution is 7.89. The highest BCUT2D eigenvalue weighted by Crippen LogP contribution is 2.21. The molecule has 1 N–H and O–H groups in total. The number of fused-ring (bicyclic) bond motifs is 1. The van der Waals surface area contributed by atoms with Crippen molar-refractivity contribution >= 4 is 26.7 Å². The maximum absolute atomic E-state index is 12.9. The molecule has 174 valence electrons. The van der Waals surface area contributed by atoms with Crippen molar-refractivity contribution in [2.24, 2.45) is 0 Å². The molecular weight excluding hydrogens is 434 g/mol. The van der Waals surface area contributed by atoms with E-state index in [1.54, 1.807) is 18.2 Å². The van der Waals surface area contributed by atoms with Crippen molar-refractivity contribution in [3.8, 4) is 0 Å². The minimum Gasteiger partial charge on any atom is -0.351 e. The number of nitrogens with zero attached hydrogens (tertiary/aromatic N) is 2. The lowest BCUT2D eigenvalue weighted by Crippen LogP contribution is -2.38. The van der Waals surface area contributed by atoms with Gasteiger partial charge in [0.2, 0.25) is 15.9 Å². The molecule has 1 fully saturated rings. The van der Waals surface area contributed by atoms with Crippen LogP contribution in [0.4, 0.5) is 0 Å². The first-order valence-corrected chi connectivity index (χ1v) is 12.9. The summed E-state index contributed by atoms with van der Waals surface area (Å²) >= 11 is 0. The van der Waals surface area contributed by atoms with Gasteiger partial charge in [0.05, 0.1) is 11.4 Å². The maximum atomic E-state index is 12.9. The summed E-state index contributed by atoms with van der Waals surface area (Å²) in [5.74, 6) is -0.334. The van der Waals surface area contributed by atoms with Crippen LogP contribution in [0.15, 0.2) is 71.6 Å². The molecule has 1 heterocycles. The van der Waals surface area contributed by atoms with Crippen LogP contribution in [-0.2, 0) is 27.9 Å². The summed E-state index contributed by atoms with van der Waals surface area (Å²) in [6.07, 6.45) is 3.87. The van der Waals surface area contributed by atoms with Crippen LogP contribution in [0, 0.1) is 0 Å². The molecule has 0 aromatic heterocycles. The lowest BCUT2D eigenvalue weighted by atomic mass is 10.1. The molecule has 0 bridgehead atoms. The molecule has 1 aliphatic rings. The Bertz CT molecular complexity index is 1200. The first kappa shape index (κ1) is 23.4. The highest BCUT2D eigenvalue weighted by atomic mass is 32.2. The second-order valence-corrected chi connectivity index (χ2v) is 10.7. The molecule has 0 atom stereocenters. The summed E-state index contributed by atoms with van der Waals surface area (Å²) in [5.41, 5.74) is 2.26. The van der Waals surface area contributed by atoms with Crippen LogP contribution < -0.4 is 5.32 Å².